The third-order valence-electron chi connectivity index (χ3n) is 2.08. The second-order valence-electron chi connectivity index (χ2n) is 3.30. The molecule has 6 heteroatoms. The Labute approximate surface area is 108 Å². The van der Waals surface area contributed by atoms with Crippen LogP contribution in [-0.4, -0.2) is 16.3 Å². The first-order valence-electron chi connectivity index (χ1n) is 4.80. The smallest absolute Gasteiger partial charge is 0.184 e. The number of hydrazone groups is 1. The monoisotopic (exact) mass is 264 g/mol. The average Bonchev–Trinajstić information content (AvgIpc) is 2.29. The van der Waals surface area contributed by atoms with Crippen LogP contribution < -0.4 is 11.2 Å². The number of thiocarbonyl (C=S) groups is 1. The van der Waals surface area contributed by atoms with Gasteiger partial charge in [-0.05, 0) is 24.4 Å². The molecule has 1 heterocycles. The summed E-state index contributed by atoms with van der Waals surface area (Å²) in [6.07, 6.45) is 1.53. The summed E-state index contributed by atoms with van der Waals surface area (Å²) < 4.78 is 0. The number of hydrogen-bond donors (Lipinski definition) is 2. The first kappa shape index (κ1) is 11.8. The van der Waals surface area contributed by atoms with Crippen LogP contribution >= 0.6 is 23.8 Å². The predicted octanol–water partition coefficient (Wildman–Crippen LogP) is 2.06. The van der Waals surface area contributed by atoms with Crippen molar-refractivity contribution >= 4 is 46.0 Å². The molecule has 2 aromatic rings. The highest BCUT2D eigenvalue weighted by Gasteiger charge is 2.02. The van der Waals surface area contributed by atoms with Gasteiger partial charge in [-0.1, -0.05) is 29.8 Å². The molecule has 0 bridgehead atoms. The van der Waals surface area contributed by atoms with E-state index in [1.165, 1.54) is 6.21 Å². The number of hydrogen-bond acceptors (Lipinski definition) is 3. The molecule has 0 atom stereocenters. The van der Waals surface area contributed by atoms with E-state index in [0.29, 0.717) is 10.7 Å². The van der Waals surface area contributed by atoms with E-state index in [9.17, 15) is 0 Å². The summed E-state index contributed by atoms with van der Waals surface area (Å²) in [7, 11) is 0. The number of halogens is 1. The van der Waals surface area contributed by atoms with Crippen molar-refractivity contribution < 1.29 is 0 Å². The van der Waals surface area contributed by atoms with Crippen molar-refractivity contribution in [2.24, 2.45) is 10.8 Å². The molecule has 2 rings (SSSR count). The van der Waals surface area contributed by atoms with Crippen molar-refractivity contribution in [3.05, 3.63) is 41.0 Å². The second-order valence-corrected chi connectivity index (χ2v) is 4.09. The van der Waals surface area contributed by atoms with Crippen molar-refractivity contribution in [2.45, 2.75) is 0 Å². The minimum atomic E-state index is 0.103. The highest BCUT2D eigenvalue weighted by molar-refractivity contribution is 7.80. The fourth-order valence-electron chi connectivity index (χ4n) is 1.36. The number of fused-ring (bicyclic) bond motifs is 1. The number of benzene rings is 1. The summed E-state index contributed by atoms with van der Waals surface area (Å²) in [5, 5.41) is 5.33. The Hall–Kier alpha value is -1.72. The number of aromatic nitrogens is 1. The third-order valence-corrected chi connectivity index (χ3v) is 2.48. The average molecular weight is 265 g/mol. The molecule has 0 saturated heterocycles. The Morgan fingerprint density at radius 1 is 1.47 bits per heavy atom. The van der Waals surface area contributed by atoms with Crippen LogP contribution in [0.2, 0.25) is 5.15 Å². The Kier molecular flexibility index (Phi) is 3.51. The minimum Gasteiger partial charge on any atom is -0.375 e. The van der Waals surface area contributed by atoms with E-state index >= 15 is 0 Å². The van der Waals surface area contributed by atoms with Crippen LogP contribution in [0.5, 0.6) is 0 Å². The molecule has 1 aromatic heterocycles. The minimum absolute atomic E-state index is 0.103. The lowest BCUT2D eigenvalue weighted by Gasteiger charge is -2.01. The SMILES string of the molecule is NC(=S)N/N=C/c1cc2ccccc2nc1Cl. The van der Waals surface area contributed by atoms with Crippen molar-refractivity contribution in [2.75, 3.05) is 0 Å². The van der Waals surface area contributed by atoms with Gasteiger partial charge in [-0.25, -0.2) is 4.98 Å². The maximum atomic E-state index is 6.02. The summed E-state index contributed by atoms with van der Waals surface area (Å²) in [5.41, 5.74) is 9.25. The van der Waals surface area contributed by atoms with Crippen LogP contribution in [0.3, 0.4) is 0 Å². The van der Waals surface area contributed by atoms with Gasteiger partial charge in [0.25, 0.3) is 0 Å². The van der Waals surface area contributed by atoms with Crippen LogP contribution in [0.15, 0.2) is 35.4 Å². The maximum absolute atomic E-state index is 6.02. The number of nitrogens with zero attached hydrogens (tertiary/aromatic N) is 2. The first-order valence-corrected chi connectivity index (χ1v) is 5.59. The second kappa shape index (κ2) is 5.07. The van der Waals surface area contributed by atoms with Gasteiger partial charge in [-0.15, -0.1) is 0 Å². The Bertz CT molecular complexity index is 597. The van der Waals surface area contributed by atoms with Gasteiger partial charge < -0.3 is 5.73 Å². The summed E-state index contributed by atoms with van der Waals surface area (Å²) in [6, 6.07) is 9.60. The highest BCUT2D eigenvalue weighted by atomic mass is 35.5. The number of para-hydroxylation sites is 1. The van der Waals surface area contributed by atoms with Gasteiger partial charge >= 0.3 is 0 Å². The lowest BCUT2D eigenvalue weighted by atomic mass is 10.2. The van der Waals surface area contributed by atoms with E-state index < -0.39 is 0 Å². The zero-order valence-corrected chi connectivity index (χ0v) is 10.3. The molecule has 0 aliphatic heterocycles. The molecule has 1 aromatic carbocycles. The third kappa shape index (κ3) is 2.89. The van der Waals surface area contributed by atoms with Crippen molar-refractivity contribution in [3.63, 3.8) is 0 Å². The molecule has 3 N–H and O–H groups in total. The number of rotatable bonds is 2. The summed E-state index contributed by atoms with van der Waals surface area (Å²) in [6.45, 7) is 0. The van der Waals surface area contributed by atoms with Crippen LogP contribution in [0, 0.1) is 0 Å². The van der Waals surface area contributed by atoms with Crippen LogP contribution in [0.25, 0.3) is 10.9 Å². The zero-order chi connectivity index (χ0) is 12.3. The van der Waals surface area contributed by atoms with E-state index in [1.807, 2.05) is 30.3 Å². The van der Waals surface area contributed by atoms with Crippen LogP contribution in [0.1, 0.15) is 5.56 Å². The molecule has 0 aliphatic rings. The van der Waals surface area contributed by atoms with E-state index in [2.05, 4.69) is 27.7 Å². The quantitative estimate of drug-likeness (QED) is 0.377. The molecular formula is C11H9ClN4S. The van der Waals surface area contributed by atoms with Gasteiger partial charge in [0.1, 0.15) is 5.15 Å². The molecule has 17 heavy (non-hydrogen) atoms. The number of pyridine rings is 1. The molecule has 0 unspecified atom stereocenters. The van der Waals surface area contributed by atoms with Gasteiger partial charge in [0.15, 0.2) is 5.11 Å². The van der Waals surface area contributed by atoms with E-state index in [-0.39, 0.29) is 5.11 Å². The van der Waals surface area contributed by atoms with Gasteiger partial charge in [0.2, 0.25) is 0 Å². The lowest BCUT2D eigenvalue weighted by molar-refractivity contribution is 1.04. The van der Waals surface area contributed by atoms with E-state index in [0.717, 1.165) is 10.9 Å². The normalized spacial score (nSPS) is 10.9. The predicted molar refractivity (Wildman–Crippen MR) is 74.3 cm³/mol. The molecule has 86 valence electrons. The van der Waals surface area contributed by atoms with Crippen molar-refractivity contribution in [1.29, 1.82) is 0 Å². The fraction of sp³-hybridized carbons (Fsp3) is 0. The topological polar surface area (TPSA) is 63.3 Å². The lowest BCUT2D eigenvalue weighted by Crippen LogP contribution is -2.24. The molecule has 0 fully saturated rings. The first-order chi connectivity index (χ1) is 8.16. The zero-order valence-electron chi connectivity index (χ0n) is 8.72. The van der Waals surface area contributed by atoms with Crippen LogP contribution in [0.4, 0.5) is 0 Å². The van der Waals surface area contributed by atoms with Gasteiger partial charge in [0, 0.05) is 10.9 Å². The van der Waals surface area contributed by atoms with Gasteiger partial charge in [-0.2, -0.15) is 5.10 Å². The summed E-state index contributed by atoms with van der Waals surface area (Å²) >= 11 is 10.6. The molecule has 0 radical (unpaired) electrons. The molecule has 0 saturated carbocycles. The number of nitrogens with one attached hydrogen (secondary N) is 1. The molecule has 0 aliphatic carbocycles. The Morgan fingerprint density at radius 3 is 3.00 bits per heavy atom. The van der Waals surface area contributed by atoms with E-state index in [1.54, 1.807) is 0 Å². The molecule has 0 spiro atoms. The van der Waals surface area contributed by atoms with E-state index in [4.69, 9.17) is 17.3 Å². The molecular weight excluding hydrogens is 256 g/mol. The number of nitrogens with two attached hydrogens (primary N) is 1. The maximum Gasteiger partial charge on any atom is 0.184 e. The summed E-state index contributed by atoms with van der Waals surface area (Å²) in [5.74, 6) is 0. The molecule has 4 nitrogen and oxygen atoms in total. The van der Waals surface area contributed by atoms with Gasteiger partial charge in [0.05, 0.1) is 11.7 Å². The molecule has 0 amide bonds. The Balaban J connectivity index is 2.37. The largest absolute Gasteiger partial charge is 0.375 e. The standard InChI is InChI=1S/C11H9ClN4S/c12-10-8(6-14-16-11(13)17)5-7-3-1-2-4-9(7)15-10/h1-6H,(H3,13,16,17)/b14-6+. The van der Waals surface area contributed by atoms with Crippen molar-refractivity contribution in [3.8, 4) is 0 Å². The van der Waals surface area contributed by atoms with Crippen LogP contribution in [-0.2, 0) is 0 Å². The highest BCUT2D eigenvalue weighted by Crippen LogP contribution is 2.18. The van der Waals surface area contributed by atoms with Gasteiger partial charge in [-0.3, -0.25) is 5.43 Å². The fourth-order valence-corrected chi connectivity index (χ4v) is 1.61. The van der Waals surface area contributed by atoms with Crippen molar-refractivity contribution in [1.82, 2.24) is 10.4 Å². The Morgan fingerprint density at radius 2 is 2.24 bits per heavy atom. The summed E-state index contributed by atoms with van der Waals surface area (Å²) in [4.78, 5) is 4.26.